The van der Waals surface area contributed by atoms with Crippen LogP contribution in [0.1, 0.15) is 37.4 Å². The molecule has 0 bridgehead atoms. The van der Waals surface area contributed by atoms with E-state index in [0.717, 1.165) is 11.1 Å². The molecule has 1 unspecified atom stereocenters. The van der Waals surface area contributed by atoms with E-state index in [4.69, 9.17) is 0 Å². The molecule has 0 aliphatic heterocycles. The Balaban J connectivity index is 1.52. The molecular weight excluding hydrogens is 438 g/mol. The van der Waals surface area contributed by atoms with Crippen LogP contribution < -0.4 is 15.4 Å². The van der Waals surface area contributed by atoms with Crippen LogP contribution in [0, 0.1) is 0 Å². The van der Waals surface area contributed by atoms with Crippen LogP contribution in [0.15, 0.2) is 83.8 Å². The van der Waals surface area contributed by atoms with E-state index in [2.05, 4.69) is 15.4 Å². The van der Waals surface area contributed by atoms with E-state index in [1.807, 2.05) is 30.3 Å². The highest BCUT2D eigenvalue weighted by molar-refractivity contribution is 7.89. The normalized spacial score (nSPS) is 12.1. The van der Waals surface area contributed by atoms with Gasteiger partial charge in [-0.3, -0.25) is 9.59 Å². The van der Waals surface area contributed by atoms with E-state index in [1.54, 1.807) is 55.5 Å². The van der Waals surface area contributed by atoms with E-state index in [9.17, 15) is 18.0 Å². The Kier molecular flexibility index (Phi) is 7.97. The van der Waals surface area contributed by atoms with Gasteiger partial charge in [0.15, 0.2) is 0 Å². The average molecular weight is 466 g/mol. The lowest BCUT2D eigenvalue weighted by Gasteiger charge is -2.15. The maximum absolute atomic E-state index is 12.7. The molecule has 0 saturated heterocycles. The Bertz CT molecular complexity index is 1190. The summed E-state index contributed by atoms with van der Waals surface area (Å²) >= 11 is 0. The largest absolute Gasteiger partial charge is 0.326 e. The summed E-state index contributed by atoms with van der Waals surface area (Å²) in [7, 11) is -3.66. The quantitative estimate of drug-likeness (QED) is 0.439. The monoisotopic (exact) mass is 465 g/mol. The van der Waals surface area contributed by atoms with Crippen LogP contribution >= 0.6 is 0 Å². The molecule has 3 aromatic carbocycles. The van der Waals surface area contributed by atoms with Gasteiger partial charge in [-0.2, -0.15) is 0 Å². The molecule has 0 aliphatic rings. The van der Waals surface area contributed by atoms with Crippen LogP contribution in [0.5, 0.6) is 0 Å². The predicted octanol–water partition coefficient (Wildman–Crippen LogP) is 4.26. The zero-order valence-corrected chi connectivity index (χ0v) is 19.4. The number of nitrogens with one attached hydrogen (secondary N) is 3. The van der Waals surface area contributed by atoms with Crippen LogP contribution in [0.25, 0.3) is 0 Å². The van der Waals surface area contributed by atoms with Crippen molar-refractivity contribution in [2.75, 3.05) is 10.6 Å². The summed E-state index contributed by atoms with van der Waals surface area (Å²) in [4.78, 5) is 23.5. The van der Waals surface area contributed by atoms with Gasteiger partial charge in [0.1, 0.15) is 0 Å². The van der Waals surface area contributed by atoms with Crippen molar-refractivity contribution in [2.45, 2.75) is 37.6 Å². The molecular formula is C25H27N3O4S. The highest BCUT2D eigenvalue weighted by Gasteiger charge is 2.18. The second-order valence-corrected chi connectivity index (χ2v) is 9.42. The molecule has 0 aromatic heterocycles. The van der Waals surface area contributed by atoms with Gasteiger partial charge < -0.3 is 10.6 Å². The molecule has 0 fully saturated rings. The topological polar surface area (TPSA) is 104 Å². The number of sulfonamides is 1. The number of amides is 2. The van der Waals surface area contributed by atoms with Gasteiger partial charge in [-0.25, -0.2) is 13.1 Å². The van der Waals surface area contributed by atoms with Crippen molar-refractivity contribution >= 4 is 33.2 Å². The molecule has 0 aliphatic carbocycles. The molecule has 3 N–H and O–H groups in total. The smallest absolute Gasteiger partial charge is 0.241 e. The Morgan fingerprint density at radius 3 is 1.97 bits per heavy atom. The maximum atomic E-state index is 12.7. The zero-order valence-electron chi connectivity index (χ0n) is 18.5. The van der Waals surface area contributed by atoms with Gasteiger partial charge in [0.05, 0.1) is 4.90 Å². The van der Waals surface area contributed by atoms with Crippen molar-refractivity contribution in [3.63, 3.8) is 0 Å². The molecule has 7 nitrogen and oxygen atoms in total. The van der Waals surface area contributed by atoms with Gasteiger partial charge in [-0.1, -0.05) is 42.5 Å². The highest BCUT2D eigenvalue weighted by atomic mass is 32.2. The molecule has 2 amide bonds. The summed E-state index contributed by atoms with van der Waals surface area (Å²) in [6.45, 7) is 3.23. The van der Waals surface area contributed by atoms with Crippen LogP contribution in [-0.2, 0) is 26.0 Å². The predicted molar refractivity (Wildman–Crippen MR) is 129 cm³/mol. The first-order valence-corrected chi connectivity index (χ1v) is 12.0. The van der Waals surface area contributed by atoms with E-state index in [0.29, 0.717) is 17.8 Å². The molecule has 0 spiro atoms. The second kappa shape index (κ2) is 10.9. The minimum absolute atomic E-state index is 0.155. The SMILES string of the molecule is CC(=O)Nc1ccc(NC(=O)CCc2ccc(S(=O)(=O)NC(C)c3ccccc3)cc2)cc1. The minimum atomic E-state index is -3.66. The standard InChI is InChI=1S/C25H27N3O4S/c1-18(21-6-4-3-5-7-21)28-33(31,32)24-15-8-20(9-16-24)10-17-25(30)27-23-13-11-22(12-14-23)26-19(2)29/h3-9,11-16,18,28H,10,17H2,1-2H3,(H,26,29)(H,27,30). The van der Waals surface area contributed by atoms with E-state index < -0.39 is 10.0 Å². The molecule has 33 heavy (non-hydrogen) atoms. The molecule has 8 heteroatoms. The van der Waals surface area contributed by atoms with Gasteiger partial charge in [0.2, 0.25) is 21.8 Å². The first-order valence-electron chi connectivity index (χ1n) is 10.6. The number of rotatable bonds is 9. The van der Waals surface area contributed by atoms with Crippen molar-refractivity contribution < 1.29 is 18.0 Å². The van der Waals surface area contributed by atoms with Gasteiger partial charge in [0, 0.05) is 30.8 Å². The summed E-state index contributed by atoms with van der Waals surface area (Å²) in [6.07, 6.45) is 0.729. The van der Waals surface area contributed by atoms with Crippen LogP contribution in [0.2, 0.25) is 0 Å². The van der Waals surface area contributed by atoms with E-state index >= 15 is 0 Å². The minimum Gasteiger partial charge on any atom is -0.326 e. The lowest BCUT2D eigenvalue weighted by atomic mass is 10.1. The van der Waals surface area contributed by atoms with E-state index in [-0.39, 0.29) is 29.2 Å². The zero-order chi connectivity index (χ0) is 23.8. The maximum Gasteiger partial charge on any atom is 0.241 e. The summed E-state index contributed by atoms with van der Waals surface area (Å²) in [5, 5.41) is 5.47. The average Bonchev–Trinajstić information content (AvgIpc) is 2.79. The number of carbonyl (C=O) groups is 2. The van der Waals surface area contributed by atoms with E-state index in [1.165, 1.54) is 6.92 Å². The number of benzene rings is 3. The molecule has 172 valence electrons. The fourth-order valence-corrected chi connectivity index (χ4v) is 4.50. The molecule has 0 saturated carbocycles. The summed E-state index contributed by atoms with van der Waals surface area (Å²) in [6, 6.07) is 22.4. The van der Waals surface area contributed by atoms with Crippen molar-refractivity contribution in [1.29, 1.82) is 0 Å². The Hall–Kier alpha value is -3.49. The third kappa shape index (κ3) is 7.27. The number of carbonyl (C=O) groups excluding carboxylic acids is 2. The van der Waals surface area contributed by atoms with Crippen molar-refractivity contribution in [2.24, 2.45) is 0 Å². The summed E-state index contributed by atoms with van der Waals surface area (Å²) in [5.74, 6) is -0.315. The number of anilines is 2. The van der Waals surface area contributed by atoms with Crippen molar-refractivity contribution in [1.82, 2.24) is 4.72 Å². The fourth-order valence-electron chi connectivity index (χ4n) is 3.27. The lowest BCUT2D eigenvalue weighted by Crippen LogP contribution is -2.26. The first kappa shape index (κ1) is 24.2. The Labute approximate surface area is 194 Å². The molecule has 1 atom stereocenters. The molecule has 3 aromatic rings. The Morgan fingerprint density at radius 1 is 0.818 bits per heavy atom. The highest BCUT2D eigenvalue weighted by Crippen LogP contribution is 2.18. The van der Waals surface area contributed by atoms with Crippen LogP contribution in [0.3, 0.4) is 0 Å². The van der Waals surface area contributed by atoms with Crippen LogP contribution in [-0.4, -0.2) is 20.2 Å². The number of aryl methyl sites for hydroxylation is 1. The van der Waals surface area contributed by atoms with Crippen molar-refractivity contribution in [3.8, 4) is 0 Å². The van der Waals surface area contributed by atoms with Crippen molar-refractivity contribution in [3.05, 3.63) is 90.0 Å². The van der Waals surface area contributed by atoms with Gasteiger partial charge >= 0.3 is 0 Å². The first-order chi connectivity index (χ1) is 15.7. The summed E-state index contributed by atoms with van der Waals surface area (Å²) < 4.78 is 28.0. The second-order valence-electron chi connectivity index (χ2n) is 7.70. The fraction of sp³-hybridized carbons (Fsp3) is 0.200. The Morgan fingerprint density at radius 2 is 1.39 bits per heavy atom. The van der Waals surface area contributed by atoms with Gasteiger partial charge in [-0.15, -0.1) is 0 Å². The van der Waals surface area contributed by atoms with Crippen LogP contribution in [0.4, 0.5) is 11.4 Å². The third-order valence-corrected chi connectivity index (χ3v) is 6.55. The lowest BCUT2D eigenvalue weighted by molar-refractivity contribution is -0.116. The van der Waals surface area contributed by atoms with Gasteiger partial charge in [-0.05, 0) is 60.9 Å². The molecule has 0 radical (unpaired) electrons. The molecule has 0 heterocycles. The molecule has 3 rings (SSSR count). The third-order valence-electron chi connectivity index (χ3n) is 4.99. The summed E-state index contributed by atoms with van der Waals surface area (Å²) in [5.41, 5.74) is 3.03. The number of hydrogen-bond acceptors (Lipinski definition) is 4. The van der Waals surface area contributed by atoms with Gasteiger partial charge in [0.25, 0.3) is 0 Å². The number of hydrogen-bond donors (Lipinski definition) is 3.